The van der Waals surface area contributed by atoms with E-state index in [0.717, 1.165) is 11.4 Å². The Bertz CT molecular complexity index is 463. The van der Waals surface area contributed by atoms with E-state index in [1.54, 1.807) is 0 Å². The van der Waals surface area contributed by atoms with Gasteiger partial charge in [-0.3, -0.25) is 4.90 Å². The first-order valence-electron chi connectivity index (χ1n) is 7.04. The Morgan fingerprint density at radius 3 is 2.89 bits per heavy atom. The number of hydrogen-bond acceptors (Lipinski definition) is 2. The highest BCUT2D eigenvalue weighted by atomic mass is 79.9. The monoisotopic (exact) mass is 386 g/mol. The Morgan fingerprint density at radius 1 is 1.32 bits per heavy atom. The fraction of sp³-hybridized carbons (Fsp3) is 0.600. The molecule has 2 fully saturated rings. The van der Waals surface area contributed by atoms with Gasteiger partial charge in [0.15, 0.2) is 0 Å². The number of benzene rings is 1. The minimum atomic E-state index is 0.598. The van der Waals surface area contributed by atoms with Crippen molar-refractivity contribution in [3.05, 3.63) is 28.2 Å². The summed E-state index contributed by atoms with van der Waals surface area (Å²) in [5, 5.41) is 0.915. The van der Waals surface area contributed by atoms with Crippen molar-refractivity contribution in [2.75, 3.05) is 24.5 Å². The van der Waals surface area contributed by atoms with Crippen molar-refractivity contribution in [1.82, 2.24) is 4.90 Å². The molecule has 3 rings (SSSR count). The van der Waals surface area contributed by atoms with Gasteiger partial charge in [0.05, 0.1) is 5.69 Å². The Labute approximate surface area is 132 Å². The van der Waals surface area contributed by atoms with E-state index in [1.807, 2.05) is 0 Å². The zero-order valence-electron chi connectivity index (χ0n) is 11.3. The molecule has 2 nitrogen and oxygen atoms in total. The Morgan fingerprint density at radius 2 is 2.16 bits per heavy atom. The molecule has 2 unspecified atom stereocenters. The quantitative estimate of drug-likeness (QED) is 0.707. The van der Waals surface area contributed by atoms with Gasteiger partial charge in [0.25, 0.3) is 0 Å². The Kier molecular flexibility index (Phi) is 4.20. The molecule has 0 aliphatic carbocycles. The summed E-state index contributed by atoms with van der Waals surface area (Å²) in [6.45, 7) is 6.02. The van der Waals surface area contributed by atoms with Crippen LogP contribution in [0.15, 0.2) is 22.7 Å². The predicted molar refractivity (Wildman–Crippen MR) is 88.2 cm³/mol. The van der Waals surface area contributed by atoms with Gasteiger partial charge in [0, 0.05) is 35.0 Å². The average molecular weight is 388 g/mol. The van der Waals surface area contributed by atoms with Gasteiger partial charge in [-0.1, -0.05) is 22.0 Å². The maximum absolute atomic E-state index is 3.75. The van der Waals surface area contributed by atoms with Crippen LogP contribution < -0.4 is 4.90 Å². The molecular formula is C15H20Br2N2. The molecule has 2 heterocycles. The summed E-state index contributed by atoms with van der Waals surface area (Å²) < 4.78 is 1.22. The van der Waals surface area contributed by atoms with Crippen molar-refractivity contribution in [2.45, 2.75) is 37.2 Å². The van der Waals surface area contributed by atoms with Gasteiger partial charge in [0.2, 0.25) is 0 Å². The van der Waals surface area contributed by atoms with Crippen LogP contribution in [0.1, 0.15) is 25.3 Å². The van der Waals surface area contributed by atoms with Crippen molar-refractivity contribution in [1.29, 1.82) is 0 Å². The van der Waals surface area contributed by atoms with Crippen molar-refractivity contribution in [3.63, 3.8) is 0 Å². The smallest absolute Gasteiger partial charge is 0.0514 e. The van der Waals surface area contributed by atoms with E-state index < -0.39 is 0 Å². The Balaban J connectivity index is 1.84. The maximum Gasteiger partial charge on any atom is 0.0514 e. The fourth-order valence-corrected chi connectivity index (χ4v) is 4.39. The second kappa shape index (κ2) is 5.74. The third kappa shape index (κ3) is 2.72. The number of piperazine rings is 1. The third-order valence-electron chi connectivity index (χ3n) is 4.41. The molecule has 0 N–H and O–H groups in total. The highest BCUT2D eigenvalue weighted by Crippen LogP contribution is 2.34. The van der Waals surface area contributed by atoms with Gasteiger partial charge in [-0.25, -0.2) is 0 Å². The fourth-order valence-electron chi connectivity index (χ4n) is 3.39. The molecule has 0 bridgehead atoms. The molecule has 2 aliphatic heterocycles. The van der Waals surface area contributed by atoms with Crippen LogP contribution >= 0.6 is 31.9 Å². The maximum atomic E-state index is 3.75. The summed E-state index contributed by atoms with van der Waals surface area (Å²) in [6.07, 6.45) is 2.73. The molecule has 19 heavy (non-hydrogen) atoms. The van der Waals surface area contributed by atoms with E-state index in [0.29, 0.717) is 6.04 Å². The zero-order chi connectivity index (χ0) is 13.4. The van der Waals surface area contributed by atoms with Gasteiger partial charge in [0.1, 0.15) is 0 Å². The molecule has 0 amide bonds. The first-order valence-corrected chi connectivity index (χ1v) is 8.95. The minimum absolute atomic E-state index is 0.598. The molecule has 0 spiro atoms. The molecule has 2 saturated heterocycles. The van der Waals surface area contributed by atoms with Crippen LogP contribution in [-0.2, 0) is 5.33 Å². The topological polar surface area (TPSA) is 6.48 Å². The lowest BCUT2D eigenvalue weighted by atomic mass is 10.1. The van der Waals surface area contributed by atoms with Crippen molar-refractivity contribution >= 4 is 37.5 Å². The van der Waals surface area contributed by atoms with Crippen LogP contribution in [0.4, 0.5) is 5.69 Å². The van der Waals surface area contributed by atoms with E-state index in [9.17, 15) is 0 Å². The average Bonchev–Trinajstić information content (AvgIpc) is 2.85. The highest BCUT2D eigenvalue weighted by molar-refractivity contribution is 9.10. The van der Waals surface area contributed by atoms with Gasteiger partial charge >= 0.3 is 0 Å². The molecule has 0 radical (unpaired) electrons. The van der Waals surface area contributed by atoms with E-state index in [4.69, 9.17) is 0 Å². The van der Waals surface area contributed by atoms with E-state index in [1.165, 1.54) is 48.2 Å². The molecule has 104 valence electrons. The summed E-state index contributed by atoms with van der Waals surface area (Å²) >= 11 is 7.27. The second-order valence-corrected chi connectivity index (χ2v) is 7.13. The molecular weight excluding hydrogens is 368 g/mol. The molecule has 1 aromatic rings. The highest BCUT2D eigenvalue weighted by Gasteiger charge is 2.34. The number of alkyl halides is 1. The predicted octanol–water partition coefficient (Wildman–Crippen LogP) is 4.02. The van der Waals surface area contributed by atoms with Crippen LogP contribution in [0.2, 0.25) is 0 Å². The van der Waals surface area contributed by atoms with Crippen LogP contribution in [0.3, 0.4) is 0 Å². The lowest BCUT2D eigenvalue weighted by Gasteiger charge is -2.44. The van der Waals surface area contributed by atoms with Gasteiger partial charge in [-0.2, -0.15) is 0 Å². The van der Waals surface area contributed by atoms with Crippen molar-refractivity contribution < 1.29 is 0 Å². The summed E-state index contributed by atoms with van der Waals surface area (Å²) in [5.74, 6) is 0. The minimum Gasteiger partial charge on any atom is -0.365 e. The van der Waals surface area contributed by atoms with Gasteiger partial charge in [-0.15, -0.1) is 0 Å². The third-order valence-corrected chi connectivity index (χ3v) is 5.70. The second-order valence-electron chi connectivity index (χ2n) is 5.71. The van der Waals surface area contributed by atoms with Crippen molar-refractivity contribution in [3.8, 4) is 0 Å². The van der Waals surface area contributed by atoms with Crippen LogP contribution in [0, 0.1) is 0 Å². The van der Waals surface area contributed by atoms with E-state index in [-0.39, 0.29) is 0 Å². The number of rotatable bonds is 2. The SMILES string of the molecule is CC1CN2CCCC2CN1c1ccc(CBr)cc1Br. The van der Waals surface area contributed by atoms with Crippen molar-refractivity contribution in [2.24, 2.45) is 0 Å². The van der Waals surface area contributed by atoms with E-state index in [2.05, 4.69) is 66.8 Å². The first kappa shape index (κ1) is 13.9. The number of fused-ring (bicyclic) bond motifs is 1. The largest absolute Gasteiger partial charge is 0.365 e. The van der Waals surface area contributed by atoms with Crippen LogP contribution in [0.25, 0.3) is 0 Å². The molecule has 2 aliphatic rings. The van der Waals surface area contributed by atoms with Crippen LogP contribution in [-0.4, -0.2) is 36.6 Å². The number of anilines is 1. The lowest BCUT2D eigenvalue weighted by Crippen LogP contribution is -2.55. The van der Waals surface area contributed by atoms with Crippen LogP contribution in [0.5, 0.6) is 0 Å². The Hall–Kier alpha value is -0.0600. The molecule has 0 aromatic heterocycles. The lowest BCUT2D eigenvalue weighted by molar-refractivity contribution is 0.203. The van der Waals surface area contributed by atoms with Gasteiger partial charge in [-0.05, 0) is 59.9 Å². The molecule has 1 aromatic carbocycles. The van der Waals surface area contributed by atoms with Gasteiger partial charge < -0.3 is 4.90 Å². The standard InChI is InChI=1S/C15H20Br2N2/c1-11-9-18-6-2-3-13(18)10-19(11)15-5-4-12(8-16)7-14(15)17/h4-5,7,11,13H,2-3,6,8-10H2,1H3. The number of nitrogens with zero attached hydrogens (tertiary/aromatic N) is 2. The first-order chi connectivity index (χ1) is 9.19. The zero-order valence-corrected chi connectivity index (χ0v) is 14.5. The molecule has 4 heteroatoms. The number of halogens is 2. The number of hydrogen-bond donors (Lipinski definition) is 0. The summed E-state index contributed by atoms with van der Waals surface area (Å²) in [7, 11) is 0. The van der Waals surface area contributed by atoms with E-state index >= 15 is 0 Å². The summed E-state index contributed by atoms with van der Waals surface area (Å²) in [5.41, 5.74) is 2.67. The summed E-state index contributed by atoms with van der Waals surface area (Å²) in [6, 6.07) is 8.08. The molecule has 0 saturated carbocycles. The molecule has 2 atom stereocenters. The normalized spacial score (nSPS) is 27.6. The summed E-state index contributed by atoms with van der Waals surface area (Å²) in [4.78, 5) is 5.25.